The summed E-state index contributed by atoms with van der Waals surface area (Å²) in [6, 6.07) is 0. The molecule has 7 aliphatic rings. The number of aliphatic hydroxyl groups excluding tert-OH is 4. The lowest BCUT2D eigenvalue weighted by Gasteiger charge is -2.65. The van der Waals surface area contributed by atoms with Gasteiger partial charge in [0.25, 0.3) is 0 Å². The van der Waals surface area contributed by atoms with E-state index in [9.17, 15) is 30.3 Å². The summed E-state index contributed by atoms with van der Waals surface area (Å²) in [5.41, 5.74) is -0.819. The number of ether oxygens (including phenoxy) is 5. The minimum Gasteiger partial charge on any atom is -0.458 e. The fourth-order valence-electron chi connectivity index (χ4n) is 11.3. The summed E-state index contributed by atoms with van der Waals surface area (Å²) in [4.78, 5) is 11.9. The Balaban J connectivity index is 0.976. The number of hydrogen-bond acceptors (Lipinski definition) is 11. The van der Waals surface area contributed by atoms with E-state index < -0.39 is 66.3 Å². The second kappa shape index (κ2) is 12.0. The third-order valence-corrected chi connectivity index (χ3v) is 14.0. The van der Waals surface area contributed by atoms with Gasteiger partial charge in [-0.2, -0.15) is 0 Å². The van der Waals surface area contributed by atoms with Gasteiger partial charge in [0.1, 0.15) is 18.8 Å². The largest absolute Gasteiger partial charge is 0.458 e. The fraction of sp³-hybridized carbons (Fsp3) is 0.914. The van der Waals surface area contributed by atoms with E-state index >= 15 is 0 Å². The highest BCUT2D eigenvalue weighted by atomic mass is 16.7. The van der Waals surface area contributed by atoms with E-state index in [1.807, 2.05) is 13.8 Å². The molecule has 0 aromatic heterocycles. The van der Waals surface area contributed by atoms with E-state index in [4.69, 9.17) is 23.7 Å². The summed E-state index contributed by atoms with van der Waals surface area (Å²) in [6.07, 6.45) is 2.09. The van der Waals surface area contributed by atoms with Crippen LogP contribution in [0.25, 0.3) is 0 Å². The van der Waals surface area contributed by atoms with Gasteiger partial charge in [-0.3, -0.25) is 0 Å². The molecule has 0 aromatic carbocycles. The van der Waals surface area contributed by atoms with Gasteiger partial charge in [0, 0.05) is 24.3 Å². The second-order valence-electron chi connectivity index (χ2n) is 16.1. The first-order valence-electron chi connectivity index (χ1n) is 17.7. The Morgan fingerprint density at radius 2 is 1.54 bits per heavy atom. The van der Waals surface area contributed by atoms with Crippen molar-refractivity contribution in [2.24, 2.45) is 34.5 Å². The molecule has 7 rings (SSSR count). The fourth-order valence-corrected chi connectivity index (χ4v) is 11.3. The molecule has 0 radical (unpaired) electrons. The van der Waals surface area contributed by atoms with Crippen LogP contribution >= 0.6 is 0 Å². The molecule has 4 saturated carbocycles. The molecule has 17 atom stereocenters. The predicted molar refractivity (Wildman–Crippen MR) is 163 cm³/mol. The Morgan fingerprint density at radius 3 is 2.24 bits per heavy atom. The molecule has 46 heavy (non-hydrogen) atoms. The molecule has 4 aliphatic carbocycles. The molecular formula is C35H54O11. The van der Waals surface area contributed by atoms with Gasteiger partial charge in [-0.1, -0.05) is 13.8 Å². The van der Waals surface area contributed by atoms with Crippen LogP contribution < -0.4 is 0 Å². The SMILES string of the molecule is CC1O[C@H](O[C@@H]2C(C)O[C@@H](O[C@H]3CC[C@@]4(C)[C@H](CC[C@@H]5[C@@H]4C[C@@H](O)[C@]4(C)[C@@H](C6=CC(=O)OC6)CC[C@]54O)C3)C[C@H]2O)C[C@@H](O)[C@@H]1O. The molecule has 3 aliphatic heterocycles. The van der Waals surface area contributed by atoms with Crippen LogP contribution in [0.3, 0.4) is 0 Å². The van der Waals surface area contributed by atoms with Gasteiger partial charge in [0.15, 0.2) is 12.6 Å². The first-order valence-corrected chi connectivity index (χ1v) is 17.7. The number of rotatable bonds is 5. The summed E-state index contributed by atoms with van der Waals surface area (Å²) in [5, 5.41) is 55.4. The van der Waals surface area contributed by atoms with Crippen molar-refractivity contribution in [2.75, 3.05) is 6.61 Å². The zero-order valence-electron chi connectivity index (χ0n) is 27.6. The molecule has 0 aromatic rings. The van der Waals surface area contributed by atoms with Gasteiger partial charge in [0.2, 0.25) is 0 Å². The van der Waals surface area contributed by atoms with E-state index in [0.717, 1.165) is 44.1 Å². The van der Waals surface area contributed by atoms with Crippen LogP contribution in [-0.2, 0) is 28.5 Å². The Morgan fingerprint density at radius 1 is 0.826 bits per heavy atom. The van der Waals surface area contributed by atoms with E-state index in [2.05, 4.69) is 6.92 Å². The molecule has 2 saturated heterocycles. The maximum atomic E-state index is 12.5. The Bertz CT molecular complexity index is 1170. The molecule has 6 fully saturated rings. The van der Waals surface area contributed by atoms with Crippen LogP contribution in [0.5, 0.6) is 0 Å². The van der Waals surface area contributed by atoms with Crippen LogP contribution in [-0.4, -0.2) is 105 Å². The summed E-state index contributed by atoms with van der Waals surface area (Å²) in [5.74, 6) is 0.294. The molecule has 0 bridgehead atoms. The minimum absolute atomic E-state index is 0.0137. The van der Waals surface area contributed by atoms with Crippen molar-refractivity contribution >= 4 is 5.97 Å². The summed E-state index contributed by atoms with van der Waals surface area (Å²) in [6.45, 7) is 8.18. The van der Waals surface area contributed by atoms with Crippen molar-refractivity contribution in [1.82, 2.24) is 0 Å². The van der Waals surface area contributed by atoms with Crippen LogP contribution in [0, 0.1) is 34.5 Å². The minimum atomic E-state index is -0.993. The van der Waals surface area contributed by atoms with E-state index in [1.165, 1.54) is 0 Å². The average Bonchev–Trinajstić information content (AvgIpc) is 3.55. The highest BCUT2D eigenvalue weighted by Crippen LogP contribution is 2.70. The molecule has 11 nitrogen and oxygen atoms in total. The monoisotopic (exact) mass is 650 g/mol. The van der Waals surface area contributed by atoms with Crippen LogP contribution in [0.1, 0.15) is 91.9 Å². The topological polar surface area (TPSA) is 164 Å². The molecular weight excluding hydrogens is 596 g/mol. The molecule has 5 N–H and O–H groups in total. The number of fused-ring (bicyclic) bond motifs is 5. The maximum Gasteiger partial charge on any atom is 0.331 e. The zero-order chi connectivity index (χ0) is 32.8. The maximum absolute atomic E-state index is 12.5. The number of carbonyl (C=O) groups is 1. The van der Waals surface area contributed by atoms with Gasteiger partial charge in [-0.15, -0.1) is 0 Å². The lowest BCUT2D eigenvalue weighted by molar-refractivity contribution is -0.318. The summed E-state index contributed by atoms with van der Waals surface area (Å²) >= 11 is 0. The van der Waals surface area contributed by atoms with Gasteiger partial charge in [-0.05, 0) is 99.9 Å². The van der Waals surface area contributed by atoms with Crippen molar-refractivity contribution in [1.29, 1.82) is 0 Å². The number of esters is 1. The second-order valence-corrected chi connectivity index (χ2v) is 16.1. The van der Waals surface area contributed by atoms with E-state index in [0.29, 0.717) is 18.8 Å². The van der Waals surface area contributed by atoms with E-state index in [-0.39, 0.29) is 54.7 Å². The van der Waals surface area contributed by atoms with Crippen molar-refractivity contribution in [3.8, 4) is 0 Å². The van der Waals surface area contributed by atoms with Crippen molar-refractivity contribution in [2.45, 2.75) is 159 Å². The van der Waals surface area contributed by atoms with Gasteiger partial charge in [0.05, 0.1) is 42.2 Å². The molecule has 0 amide bonds. The summed E-state index contributed by atoms with van der Waals surface area (Å²) in [7, 11) is 0. The Hall–Kier alpha value is -1.15. The third kappa shape index (κ3) is 5.22. The quantitative estimate of drug-likeness (QED) is 0.219. The molecule has 260 valence electrons. The van der Waals surface area contributed by atoms with Crippen LogP contribution in [0.15, 0.2) is 11.6 Å². The van der Waals surface area contributed by atoms with Crippen LogP contribution in [0.4, 0.5) is 0 Å². The highest BCUT2D eigenvalue weighted by molar-refractivity contribution is 5.85. The Labute approximate surface area is 271 Å². The smallest absolute Gasteiger partial charge is 0.331 e. The Kier molecular flexibility index (Phi) is 8.71. The average molecular weight is 651 g/mol. The molecule has 0 spiro atoms. The first-order chi connectivity index (χ1) is 21.7. The van der Waals surface area contributed by atoms with Crippen molar-refractivity contribution in [3.63, 3.8) is 0 Å². The standard InChI is InChI=1S/C35H54O11/c1-17-31(40)25(36)14-30(43-17)46-32-18(2)44-29(15-26(32)37)45-21-7-9-33(3)20(12-21)5-6-23-24(33)13-27(38)34(4)22(8-10-35(23,34)41)19-11-28(39)42-16-19/h11,17-18,20-27,29-32,36-38,40-41H,5-10,12-16H2,1-4H3/t17?,18?,20-,21+,22-,23-,24+,25-,26-,27-,29+,30-,31-,32-,33+,34+,35+/m1/s1. The third-order valence-electron chi connectivity index (χ3n) is 14.0. The highest BCUT2D eigenvalue weighted by Gasteiger charge is 2.70. The molecule has 3 heterocycles. The molecule has 11 heteroatoms. The van der Waals surface area contributed by atoms with Gasteiger partial charge in [-0.25, -0.2) is 4.79 Å². The first kappa shape index (κ1) is 33.4. The van der Waals surface area contributed by atoms with E-state index in [1.54, 1.807) is 13.0 Å². The van der Waals surface area contributed by atoms with Crippen molar-refractivity contribution < 1.29 is 54.0 Å². The lowest BCUT2D eigenvalue weighted by atomic mass is 9.42. The zero-order valence-corrected chi connectivity index (χ0v) is 27.6. The lowest BCUT2D eigenvalue weighted by Crippen LogP contribution is -2.67. The normalized spacial score (nSPS) is 55.6. The molecule has 2 unspecified atom stereocenters. The van der Waals surface area contributed by atoms with Gasteiger partial charge < -0.3 is 49.2 Å². The number of cyclic esters (lactones) is 1. The van der Waals surface area contributed by atoms with Gasteiger partial charge >= 0.3 is 5.97 Å². The summed E-state index contributed by atoms with van der Waals surface area (Å²) < 4.78 is 29.7. The number of carbonyl (C=O) groups excluding carboxylic acids is 1. The van der Waals surface area contributed by atoms with Crippen molar-refractivity contribution in [3.05, 3.63) is 11.6 Å². The predicted octanol–water partition coefficient (Wildman–Crippen LogP) is 2.34. The number of hydrogen-bond donors (Lipinski definition) is 5. The van der Waals surface area contributed by atoms with Crippen LogP contribution in [0.2, 0.25) is 0 Å². The number of aliphatic hydroxyl groups is 5.